The van der Waals surface area contributed by atoms with E-state index in [4.69, 9.17) is 18.9 Å². The van der Waals surface area contributed by atoms with E-state index < -0.39 is 38.0 Å². The predicted molar refractivity (Wildman–Crippen MR) is 143 cm³/mol. The van der Waals surface area contributed by atoms with E-state index in [9.17, 15) is 23.3 Å². The molecule has 13 heteroatoms. The van der Waals surface area contributed by atoms with E-state index in [2.05, 4.69) is 5.32 Å². The lowest BCUT2D eigenvalue weighted by Gasteiger charge is -2.25. The van der Waals surface area contributed by atoms with Crippen LogP contribution in [0.2, 0.25) is 0 Å². The van der Waals surface area contributed by atoms with E-state index in [0.29, 0.717) is 23.7 Å². The number of nitrogens with one attached hydrogen (secondary N) is 1. The smallest absolute Gasteiger partial charge is 0.289 e. The lowest BCUT2D eigenvalue weighted by atomic mass is 10.1. The molecular weight excluding hydrogens is 530 g/mol. The van der Waals surface area contributed by atoms with Gasteiger partial charge in [0.2, 0.25) is 5.91 Å². The van der Waals surface area contributed by atoms with Gasteiger partial charge in [0, 0.05) is 18.7 Å². The predicted octanol–water partition coefficient (Wildman–Crippen LogP) is 3.18. The van der Waals surface area contributed by atoms with Gasteiger partial charge in [0.05, 0.1) is 39.0 Å². The highest BCUT2D eigenvalue weighted by molar-refractivity contribution is 7.93. The molecule has 3 aromatic carbocycles. The Labute approximate surface area is 226 Å². The summed E-state index contributed by atoms with van der Waals surface area (Å²) in [7, 11) is 1.22. The first-order valence-corrected chi connectivity index (χ1v) is 13.1. The lowest BCUT2D eigenvalue weighted by molar-refractivity contribution is -0.387. The van der Waals surface area contributed by atoms with Crippen molar-refractivity contribution in [3.8, 4) is 23.0 Å². The Hall–Kier alpha value is -4.52. The van der Waals surface area contributed by atoms with Crippen LogP contribution in [-0.4, -0.2) is 60.8 Å². The molecule has 0 spiro atoms. The maximum atomic E-state index is 13.8. The van der Waals surface area contributed by atoms with E-state index in [-0.39, 0.29) is 18.0 Å². The van der Waals surface area contributed by atoms with Gasteiger partial charge >= 0.3 is 0 Å². The topological polar surface area (TPSA) is 147 Å². The number of nitro groups is 1. The van der Waals surface area contributed by atoms with Crippen LogP contribution < -0.4 is 28.6 Å². The fraction of sp³-hybridized carbons (Fsp3) is 0.269. The largest absolute Gasteiger partial charge is 0.497 e. The number of methoxy groups -OCH3 is 4. The summed E-state index contributed by atoms with van der Waals surface area (Å²) in [5, 5.41) is 14.3. The van der Waals surface area contributed by atoms with E-state index >= 15 is 0 Å². The van der Waals surface area contributed by atoms with Gasteiger partial charge in [-0.3, -0.25) is 19.2 Å². The Balaban J connectivity index is 1.91. The van der Waals surface area contributed by atoms with Crippen LogP contribution in [0.15, 0.2) is 65.6 Å². The molecule has 1 amide bonds. The average Bonchev–Trinajstić information content (AvgIpc) is 2.95. The summed E-state index contributed by atoms with van der Waals surface area (Å²) in [5.41, 5.74) is 0.240. The quantitative estimate of drug-likeness (QED) is 0.246. The first-order chi connectivity index (χ1) is 18.7. The number of nitrogens with zero attached hydrogens (tertiary/aromatic N) is 2. The number of nitro benzene ring substituents is 1. The third-order valence-electron chi connectivity index (χ3n) is 5.76. The second-order valence-corrected chi connectivity index (χ2v) is 9.89. The molecule has 208 valence electrons. The Bertz CT molecular complexity index is 1440. The summed E-state index contributed by atoms with van der Waals surface area (Å²) in [4.78, 5) is 23.2. The van der Waals surface area contributed by atoms with Crippen molar-refractivity contribution in [2.45, 2.75) is 11.3 Å². The van der Waals surface area contributed by atoms with Crippen LogP contribution in [0.25, 0.3) is 0 Å². The number of para-hydroxylation sites is 1. The second kappa shape index (κ2) is 12.8. The van der Waals surface area contributed by atoms with Crippen LogP contribution in [-0.2, 0) is 21.2 Å². The van der Waals surface area contributed by atoms with Crippen LogP contribution in [0.1, 0.15) is 5.56 Å². The number of hydrogen-bond donors (Lipinski definition) is 1. The standard InChI is InChI=1S/C26H29N3O9S/c1-35-19-10-11-20(23(16-19)37-3)28(39(33,34)25-8-6-5-7-21(25)29(31)32)17-26(30)27-14-13-18-9-12-22(36-2)24(15-18)38-4/h5-12,15-16H,13-14,17H2,1-4H3,(H,27,30). The molecule has 0 heterocycles. The number of amides is 1. The summed E-state index contributed by atoms with van der Waals surface area (Å²) < 4.78 is 49.4. The molecule has 1 N–H and O–H groups in total. The fourth-order valence-corrected chi connectivity index (χ4v) is 5.40. The summed E-state index contributed by atoms with van der Waals surface area (Å²) >= 11 is 0. The van der Waals surface area contributed by atoms with E-state index in [1.807, 2.05) is 6.07 Å². The van der Waals surface area contributed by atoms with Gasteiger partial charge in [0.1, 0.15) is 18.0 Å². The number of carbonyl (C=O) groups excluding carboxylic acids is 1. The van der Waals surface area contributed by atoms with Gasteiger partial charge in [-0.15, -0.1) is 0 Å². The van der Waals surface area contributed by atoms with Crippen molar-refractivity contribution >= 4 is 27.3 Å². The Morgan fingerprint density at radius 2 is 1.59 bits per heavy atom. The molecule has 0 saturated heterocycles. The molecular formula is C26H29N3O9S. The van der Waals surface area contributed by atoms with Crippen molar-refractivity contribution in [3.63, 3.8) is 0 Å². The number of anilines is 1. The van der Waals surface area contributed by atoms with Gasteiger partial charge < -0.3 is 24.3 Å². The number of hydrogen-bond acceptors (Lipinski definition) is 9. The third-order valence-corrected chi connectivity index (χ3v) is 7.56. The zero-order valence-corrected chi connectivity index (χ0v) is 22.7. The molecule has 0 aliphatic carbocycles. The van der Waals surface area contributed by atoms with Crippen LogP contribution in [0.4, 0.5) is 11.4 Å². The van der Waals surface area contributed by atoms with Crippen molar-refractivity contribution < 1.29 is 37.1 Å². The zero-order valence-electron chi connectivity index (χ0n) is 21.9. The number of rotatable bonds is 13. The first kappa shape index (κ1) is 29.0. The molecule has 0 aromatic heterocycles. The Morgan fingerprint density at radius 3 is 2.23 bits per heavy atom. The molecule has 12 nitrogen and oxygen atoms in total. The minimum Gasteiger partial charge on any atom is -0.497 e. The first-order valence-electron chi connectivity index (χ1n) is 11.6. The minimum absolute atomic E-state index is 0.00601. The third kappa shape index (κ3) is 6.68. The Kier molecular flexibility index (Phi) is 9.55. The zero-order chi connectivity index (χ0) is 28.6. The van der Waals surface area contributed by atoms with Crippen molar-refractivity contribution in [2.75, 3.05) is 45.8 Å². The van der Waals surface area contributed by atoms with E-state index in [1.165, 1.54) is 58.8 Å². The maximum absolute atomic E-state index is 13.8. The molecule has 3 rings (SSSR count). The molecule has 0 bridgehead atoms. The van der Waals surface area contributed by atoms with Crippen molar-refractivity contribution in [2.24, 2.45) is 0 Å². The maximum Gasteiger partial charge on any atom is 0.289 e. The summed E-state index contributed by atoms with van der Waals surface area (Å²) in [6.45, 7) is -0.476. The molecule has 0 atom stereocenters. The van der Waals surface area contributed by atoms with Gasteiger partial charge in [0.25, 0.3) is 15.7 Å². The van der Waals surface area contributed by atoms with Crippen LogP contribution in [0.5, 0.6) is 23.0 Å². The van der Waals surface area contributed by atoms with Crippen LogP contribution in [0.3, 0.4) is 0 Å². The van der Waals surface area contributed by atoms with Gasteiger partial charge in [-0.1, -0.05) is 18.2 Å². The Morgan fingerprint density at radius 1 is 0.897 bits per heavy atom. The lowest BCUT2D eigenvalue weighted by Crippen LogP contribution is -2.41. The van der Waals surface area contributed by atoms with E-state index in [0.717, 1.165) is 22.0 Å². The minimum atomic E-state index is -4.59. The molecule has 3 aromatic rings. The van der Waals surface area contributed by atoms with Crippen LogP contribution in [0, 0.1) is 10.1 Å². The SMILES string of the molecule is COc1ccc(N(CC(=O)NCCc2ccc(OC)c(OC)c2)S(=O)(=O)c2ccccc2[N+](=O)[O-])c(OC)c1. The molecule has 0 fully saturated rings. The fourth-order valence-electron chi connectivity index (χ4n) is 3.80. The molecule has 0 unspecified atom stereocenters. The highest BCUT2D eigenvalue weighted by atomic mass is 32.2. The molecule has 39 heavy (non-hydrogen) atoms. The monoisotopic (exact) mass is 559 g/mol. The highest BCUT2D eigenvalue weighted by Crippen LogP contribution is 2.37. The van der Waals surface area contributed by atoms with Crippen molar-refractivity contribution in [1.82, 2.24) is 5.32 Å². The molecule has 0 aliphatic heterocycles. The summed E-state index contributed by atoms with van der Waals surface area (Å²) in [5.74, 6) is 0.951. The highest BCUT2D eigenvalue weighted by Gasteiger charge is 2.34. The normalized spacial score (nSPS) is 10.9. The van der Waals surface area contributed by atoms with Crippen molar-refractivity contribution in [1.29, 1.82) is 0 Å². The number of carbonyl (C=O) groups is 1. The molecule has 0 saturated carbocycles. The molecule has 0 aliphatic rings. The van der Waals surface area contributed by atoms with Gasteiger partial charge in [0.15, 0.2) is 16.4 Å². The number of benzene rings is 3. The van der Waals surface area contributed by atoms with Gasteiger partial charge in [-0.2, -0.15) is 0 Å². The van der Waals surface area contributed by atoms with Crippen molar-refractivity contribution in [3.05, 3.63) is 76.3 Å². The number of sulfonamides is 1. The summed E-state index contributed by atoms with van der Waals surface area (Å²) in [6, 6.07) is 14.6. The number of ether oxygens (including phenoxy) is 4. The van der Waals surface area contributed by atoms with E-state index in [1.54, 1.807) is 12.1 Å². The summed E-state index contributed by atoms with van der Waals surface area (Å²) in [6.07, 6.45) is 0.425. The second-order valence-electron chi connectivity index (χ2n) is 8.06. The van der Waals surface area contributed by atoms with Crippen LogP contribution >= 0.6 is 0 Å². The average molecular weight is 560 g/mol. The van der Waals surface area contributed by atoms with Gasteiger partial charge in [-0.25, -0.2) is 8.42 Å². The molecule has 0 radical (unpaired) electrons. The van der Waals surface area contributed by atoms with Gasteiger partial charge in [-0.05, 0) is 42.3 Å².